The lowest BCUT2D eigenvalue weighted by molar-refractivity contribution is -0.139. The van der Waals surface area contributed by atoms with Gasteiger partial charge in [-0.2, -0.15) is 0 Å². The molecule has 1 fully saturated rings. The number of rotatable bonds is 3. The van der Waals surface area contributed by atoms with E-state index in [1.165, 1.54) is 0 Å². The van der Waals surface area contributed by atoms with E-state index in [2.05, 4.69) is 5.32 Å². The second-order valence-corrected chi connectivity index (χ2v) is 4.82. The molecule has 19 heavy (non-hydrogen) atoms. The Hall–Kier alpha value is -2.04. The van der Waals surface area contributed by atoms with Crippen molar-refractivity contribution < 1.29 is 14.7 Å². The fraction of sp³-hybridized carbons (Fsp3) is 0.429. The molecule has 2 rings (SSSR count). The predicted octanol–water partition coefficient (Wildman–Crippen LogP) is 2.01. The van der Waals surface area contributed by atoms with Gasteiger partial charge < -0.3 is 15.3 Å². The third-order valence-electron chi connectivity index (χ3n) is 3.46. The van der Waals surface area contributed by atoms with Crippen molar-refractivity contribution in [3.05, 3.63) is 35.9 Å². The largest absolute Gasteiger partial charge is 0.479 e. The monoisotopic (exact) mass is 262 g/mol. The van der Waals surface area contributed by atoms with Crippen molar-refractivity contribution in [2.45, 2.75) is 31.8 Å². The number of nitrogens with one attached hydrogen (secondary N) is 1. The van der Waals surface area contributed by atoms with Gasteiger partial charge in [0, 0.05) is 12.6 Å². The first-order valence-corrected chi connectivity index (χ1v) is 6.44. The van der Waals surface area contributed by atoms with Crippen molar-refractivity contribution in [3.63, 3.8) is 0 Å². The molecule has 1 saturated heterocycles. The molecule has 0 bridgehead atoms. The number of carbonyl (C=O) groups excluding carboxylic acids is 1. The molecule has 0 spiro atoms. The third-order valence-corrected chi connectivity index (χ3v) is 3.46. The molecular weight excluding hydrogens is 244 g/mol. The van der Waals surface area contributed by atoms with Gasteiger partial charge in [0.1, 0.15) is 0 Å². The lowest BCUT2D eigenvalue weighted by Gasteiger charge is -2.24. The van der Waals surface area contributed by atoms with Crippen LogP contribution in [0.25, 0.3) is 0 Å². The Labute approximate surface area is 112 Å². The van der Waals surface area contributed by atoms with E-state index in [9.17, 15) is 14.7 Å². The van der Waals surface area contributed by atoms with E-state index in [1.807, 2.05) is 13.0 Å². The van der Waals surface area contributed by atoms with E-state index in [0.29, 0.717) is 12.1 Å². The number of hydrogen-bond acceptors (Lipinski definition) is 2. The number of amides is 2. The summed E-state index contributed by atoms with van der Waals surface area (Å²) in [6.07, 6.45) is 1.94. The van der Waals surface area contributed by atoms with Crippen LogP contribution in [-0.2, 0) is 4.79 Å². The molecule has 1 heterocycles. The highest BCUT2D eigenvalue weighted by Gasteiger charge is 2.29. The highest BCUT2D eigenvalue weighted by Crippen LogP contribution is 2.18. The first-order chi connectivity index (χ1) is 9.09. The Morgan fingerprint density at radius 3 is 2.58 bits per heavy atom. The molecule has 5 heteroatoms. The standard InChI is InChI=1S/C14H18N2O3/c1-10-6-5-9-16(10)14(19)15-12(13(17)18)11-7-3-2-4-8-11/h2-4,7-8,10,12H,5-6,9H2,1H3,(H,15,19)(H,17,18). The molecule has 1 aliphatic rings. The van der Waals surface area contributed by atoms with Crippen molar-refractivity contribution in [2.75, 3.05) is 6.54 Å². The van der Waals surface area contributed by atoms with Gasteiger partial charge in [-0.05, 0) is 25.3 Å². The van der Waals surface area contributed by atoms with Crippen LogP contribution < -0.4 is 5.32 Å². The zero-order valence-electron chi connectivity index (χ0n) is 10.9. The Balaban J connectivity index is 2.09. The summed E-state index contributed by atoms with van der Waals surface area (Å²) in [7, 11) is 0. The molecular formula is C14H18N2O3. The van der Waals surface area contributed by atoms with Crippen LogP contribution in [0.1, 0.15) is 31.4 Å². The predicted molar refractivity (Wildman–Crippen MR) is 70.8 cm³/mol. The van der Waals surface area contributed by atoms with Crippen LogP contribution >= 0.6 is 0 Å². The number of aliphatic carboxylic acids is 1. The molecule has 2 N–H and O–H groups in total. The van der Waals surface area contributed by atoms with Gasteiger partial charge >= 0.3 is 12.0 Å². The Morgan fingerprint density at radius 1 is 1.37 bits per heavy atom. The maximum absolute atomic E-state index is 12.1. The van der Waals surface area contributed by atoms with E-state index in [4.69, 9.17) is 0 Å². The minimum Gasteiger partial charge on any atom is -0.479 e. The maximum atomic E-state index is 12.1. The number of hydrogen-bond donors (Lipinski definition) is 2. The smallest absolute Gasteiger partial charge is 0.330 e. The normalized spacial score (nSPS) is 20.1. The molecule has 1 aromatic rings. The van der Waals surface area contributed by atoms with Crippen LogP contribution in [0.3, 0.4) is 0 Å². The lowest BCUT2D eigenvalue weighted by Crippen LogP contribution is -2.45. The van der Waals surface area contributed by atoms with Gasteiger partial charge in [0.2, 0.25) is 0 Å². The fourth-order valence-electron chi connectivity index (χ4n) is 2.37. The second kappa shape index (κ2) is 5.73. The molecule has 102 valence electrons. The maximum Gasteiger partial charge on any atom is 0.330 e. The summed E-state index contributed by atoms with van der Waals surface area (Å²) in [5.41, 5.74) is 0.579. The van der Waals surface area contributed by atoms with Gasteiger partial charge in [0.15, 0.2) is 6.04 Å². The van der Waals surface area contributed by atoms with Gasteiger partial charge in [-0.15, -0.1) is 0 Å². The number of benzene rings is 1. The van der Waals surface area contributed by atoms with E-state index in [0.717, 1.165) is 12.8 Å². The Morgan fingerprint density at radius 2 is 2.05 bits per heavy atom. The Bertz CT molecular complexity index is 461. The van der Waals surface area contributed by atoms with Crippen LogP contribution in [0.2, 0.25) is 0 Å². The van der Waals surface area contributed by atoms with Crippen LogP contribution in [0.4, 0.5) is 4.79 Å². The van der Waals surface area contributed by atoms with Gasteiger partial charge in [0.25, 0.3) is 0 Å². The van der Waals surface area contributed by atoms with Crippen LogP contribution in [0, 0.1) is 0 Å². The van der Waals surface area contributed by atoms with Gasteiger partial charge in [-0.25, -0.2) is 9.59 Å². The van der Waals surface area contributed by atoms with E-state index in [-0.39, 0.29) is 12.1 Å². The first kappa shape index (κ1) is 13.4. The summed E-state index contributed by atoms with van der Waals surface area (Å²) < 4.78 is 0. The van der Waals surface area contributed by atoms with Crippen molar-refractivity contribution in [2.24, 2.45) is 0 Å². The number of carboxylic acids is 1. The van der Waals surface area contributed by atoms with Gasteiger partial charge in [-0.1, -0.05) is 30.3 Å². The molecule has 0 aromatic heterocycles. The summed E-state index contributed by atoms with van der Waals surface area (Å²) in [6.45, 7) is 2.67. The minimum atomic E-state index is -1.05. The minimum absolute atomic E-state index is 0.171. The number of carboxylic acid groups (broad SMARTS) is 1. The van der Waals surface area contributed by atoms with Crippen molar-refractivity contribution >= 4 is 12.0 Å². The molecule has 2 atom stereocenters. The van der Waals surface area contributed by atoms with Crippen molar-refractivity contribution in [3.8, 4) is 0 Å². The summed E-state index contributed by atoms with van der Waals surface area (Å²) in [6, 6.07) is 7.60. The summed E-state index contributed by atoms with van der Waals surface area (Å²) in [5, 5.41) is 11.8. The highest BCUT2D eigenvalue weighted by molar-refractivity contribution is 5.84. The number of carbonyl (C=O) groups is 2. The molecule has 2 amide bonds. The van der Waals surface area contributed by atoms with E-state index >= 15 is 0 Å². The van der Waals surface area contributed by atoms with Gasteiger partial charge in [-0.3, -0.25) is 0 Å². The van der Waals surface area contributed by atoms with Crippen LogP contribution in [0.15, 0.2) is 30.3 Å². The van der Waals surface area contributed by atoms with Crippen molar-refractivity contribution in [1.29, 1.82) is 0 Å². The molecule has 1 aromatic carbocycles. The number of likely N-dealkylation sites (tertiary alicyclic amines) is 1. The molecule has 0 radical (unpaired) electrons. The van der Waals surface area contributed by atoms with Crippen molar-refractivity contribution in [1.82, 2.24) is 10.2 Å². The van der Waals surface area contributed by atoms with E-state index in [1.54, 1.807) is 29.2 Å². The molecule has 5 nitrogen and oxygen atoms in total. The average molecular weight is 262 g/mol. The summed E-state index contributed by atoms with van der Waals surface area (Å²) in [4.78, 5) is 25.1. The zero-order valence-corrected chi connectivity index (χ0v) is 10.9. The summed E-state index contributed by atoms with van der Waals surface area (Å²) >= 11 is 0. The lowest BCUT2D eigenvalue weighted by atomic mass is 10.1. The van der Waals surface area contributed by atoms with Crippen LogP contribution in [0.5, 0.6) is 0 Å². The van der Waals surface area contributed by atoms with Crippen LogP contribution in [-0.4, -0.2) is 34.6 Å². The zero-order chi connectivity index (χ0) is 13.8. The SMILES string of the molecule is CC1CCCN1C(=O)NC(C(=O)O)c1ccccc1. The molecule has 0 saturated carbocycles. The average Bonchev–Trinajstić information content (AvgIpc) is 2.82. The number of nitrogens with zero attached hydrogens (tertiary/aromatic N) is 1. The first-order valence-electron chi connectivity index (χ1n) is 6.44. The summed E-state index contributed by atoms with van der Waals surface area (Å²) in [5.74, 6) is -1.05. The molecule has 2 unspecified atom stereocenters. The topological polar surface area (TPSA) is 69.6 Å². The van der Waals surface area contributed by atoms with E-state index < -0.39 is 12.0 Å². The fourth-order valence-corrected chi connectivity index (χ4v) is 2.37. The second-order valence-electron chi connectivity index (χ2n) is 4.82. The molecule has 0 aliphatic carbocycles. The molecule has 1 aliphatic heterocycles. The highest BCUT2D eigenvalue weighted by atomic mass is 16.4. The number of urea groups is 1. The third kappa shape index (κ3) is 3.05. The van der Waals surface area contributed by atoms with Gasteiger partial charge in [0.05, 0.1) is 0 Å². The Kier molecular flexibility index (Phi) is 4.04. The quantitative estimate of drug-likeness (QED) is 0.875.